The molecule has 5 nitrogen and oxygen atoms in total. The molecule has 1 unspecified atom stereocenters. The van der Waals surface area contributed by atoms with Gasteiger partial charge in [-0.05, 0) is 107 Å². The molecule has 2 aromatic carbocycles. The minimum absolute atomic E-state index is 0.0206. The number of likely N-dealkylation sites (tertiary alicyclic amines) is 1. The molecule has 0 saturated carbocycles. The Morgan fingerprint density at radius 2 is 1.78 bits per heavy atom. The first-order chi connectivity index (χ1) is 15.5. The highest BCUT2D eigenvalue weighted by atomic mass is 16.3. The zero-order chi connectivity index (χ0) is 22.8. The molecule has 5 heteroatoms. The number of hydrogen-bond donors (Lipinski definition) is 3. The number of benzene rings is 2. The van der Waals surface area contributed by atoms with E-state index in [1.165, 1.54) is 50.6 Å². The van der Waals surface area contributed by atoms with Crippen LogP contribution in [-0.2, 0) is 12.8 Å². The maximum absolute atomic E-state index is 9.76. The standard InChI is InChI=1S/C27H40N2O3/c1-2-14-28(18-13-22-8-6-10-25(30)20-22)15-4-3-5-16-29-17-7-9-24(29)19-23-11-12-26(31)27(32)21-23/h6,8,10-12,20-21,24,30-32H,2-5,7,9,13-19H2,1H3. The van der Waals surface area contributed by atoms with Crippen molar-refractivity contribution in [3.63, 3.8) is 0 Å². The van der Waals surface area contributed by atoms with E-state index in [9.17, 15) is 15.3 Å². The Kier molecular flexibility index (Phi) is 9.69. The van der Waals surface area contributed by atoms with E-state index in [1.807, 2.05) is 18.2 Å². The molecule has 0 spiro atoms. The lowest BCUT2D eigenvalue weighted by molar-refractivity contribution is 0.238. The van der Waals surface area contributed by atoms with Gasteiger partial charge in [0.1, 0.15) is 5.75 Å². The van der Waals surface area contributed by atoms with Crippen LogP contribution in [0.25, 0.3) is 0 Å². The number of phenols is 3. The van der Waals surface area contributed by atoms with E-state index >= 15 is 0 Å². The van der Waals surface area contributed by atoms with Gasteiger partial charge < -0.3 is 25.1 Å². The van der Waals surface area contributed by atoms with Crippen LogP contribution in [0.15, 0.2) is 42.5 Å². The van der Waals surface area contributed by atoms with Gasteiger partial charge in [-0.1, -0.05) is 31.5 Å². The van der Waals surface area contributed by atoms with E-state index < -0.39 is 0 Å². The summed E-state index contributed by atoms with van der Waals surface area (Å²) in [5.41, 5.74) is 2.30. The van der Waals surface area contributed by atoms with Crippen molar-refractivity contribution in [2.45, 2.75) is 64.3 Å². The van der Waals surface area contributed by atoms with Crippen LogP contribution in [0.2, 0.25) is 0 Å². The van der Waals surface area contributed by atoms with Gasteiger partial charge in [0, 0.05) is 12.6 Å². The molecule has 3 N–H and O–H groups in total. The molecule has 1 atom stereocenters. The second-order valence-corrected chi connectivity index (χ2v) is 9.18. The van der Waals surface area contributed by atoms with Gasteiger partial charge in [0.2, 0.25) is 0 Å². The van der Waals surface area contributed by atoms with Crippen LogP contribution in [0.4, 0.5) is 0 Å². The molecule has 0 aliphatic carbocycles. The summed E-state index contributed by atoms with van der Waals surface area (Å²) in [6, 6.07) is 13.4. The minimum Gasteiger partial charge on any atom is -0.508 e. The van der Waals surface area contributed by atoms with Gasteiger partial charge in [-0.15, -0.1) is 0 Å². The molecule has 1 aliphatic heterocycles. The fourth-order valence-corrected chi connectivity index (χ4v) is 4.87. The monoisotopic (exact) mass is 440 g/mol. The molecule has 0 bridgehead atoms. The first kappa shape index (κ1) is 24.4. The lowest BCUT2D eigenvalue weighted by atomic mass is 10.0. The smallest absolute Gasteiger partial charge is 0.157 e. The van der Waals surface area contributed by atoms with Crippen LogP contribution in [0, 0.1) is 0 Å². The molecule has 176 valence electrons. The Labute approximate surface area is 193 Å². The van der Waals surface area contributed by atoms with Gasteiger partial charge in [0.15, 0.2) is 11.5 Å². The maximum atomic E-state index is 9.76. The Bertz CT molecular complexity index is 826. The van der Waals surface area contributed by atoms with Crippen LogP contribution in [0.3, 0.4) is 0 Å². The zero-order valence-electron chi connectivity index (χ0n) is 19.5. The summed E-state index contributed by atoms with van der Waals surface area (Å²) in [5.74, 6) is 0.288. The molecule has 0 radical (unpaired) electrons. The predicted octanol–water partition coefficient (Wildman–Crippen LogP) is 4.94. The summed E-state index contributed by atoms with van der Waals surface area (Å²) in [5, 5.41) is 28.9. The Morgan fingerprint density at radius 1 is 0.906 bits per heavy atom. The Morgan fingerprint density at radius 3 is 2.56 bits per heavy atom. The topological polar surface area (TPSA) is 67.2 Å². The zero-order valence-corrected chi connectivity index (χ0v) is 19.5. The largest absolute Gasteiger partial charge is 0.508 e. The fraction of sp³-hybridized carbons (Fsp3) is 0.556. The highest BCUT2D eigenvalue weighted by Gasteiger charge is 2.24. The van der Waals surface area contributed by atoms with Gasteiger partial charge in [-0.25, -0.2) is 0 Å². The molecule has 0 amide bonds. The van der Waals surface area contributed by atoms with E-state index in [4.69, 9.17) is 0 Å². The molecule has 1 heterocycles. The van der Waals surface area contributed by atoms with E-state index in [-0.39, 0.29) is 11.5 Å². The molecule has 2 aromatic rings. The van der Waals surface area contributed by atoms with Crippen molar-refractivity contribution >= 4 is 0 Å². The first-order valence-corrected chi connectivity index (χ1v) is 12.3. The van der Waals surface area contributed by atoms with Crippen LogP contribution in [0.5, 0.6) is 17.2 Å². The lowest BCUT2D eigenvalue weighted by Crippen LogP contribution is -2.32. The minimum atomic E-state index is -0.0453. The van der Waals surface area contributed by atoms with Gasteiger partial charge in [-0.3, -0.25) is 0 Å². The molecular formula is C27H40N2O3. The quantitative estimate of drug-likeness (QED) is 0.304. The normalized spacial score (nSPS) is 16.8. The fourth-order valence-electron chi connectivity index (χ4n) is 4.87. The summed E-state index contributed by atoms with van der Waals surface area (Å²) >= 11 is 0. The number of nitrogens with zero attached hydrogens (tertiary/aromatic N) is 2. The Hall–Kier alpha value is -2.24. The predicted molar refractivity (Wildman–Crippen MR) is 130 cm³/mol. The average molecular weight is 441 g/mol. The summed E-state index contributed by atoms with van der Waals surface area (Å²) in [4.78, 5) is 5.16. The summed E-state index contributed by atoms with van der Waals surface area (Å²) in [6.07, 6.45) is 9.24. The first-order valence-electron chi connectivity index (χ1n) is 12.3. The molecule has 1 aliphatic rings. The molecular weight excluding hydrogens is 400 g/mol. The van der Waals surface area contributed by atoms with E-state index in [2.05, 4.69) is 22.8 Å². The van der Waals surface area contributed by atoms with Crippen molar-refractivity contribution in [1.29, 1.82) is 0 Å². The van der Waals surface area contributed by atoms with Gasteiger partial charge >= 0.3 is 0 Å². The summed E-state index contributed by atoms with van der Waals surface area (Å²) in [7, 11) is 0. The maximum Gasteiger partial charge on any atom is 0.157 e. The van der Waals surface area contributed by atoms with Crippen molar-refractivity contribution in [2.24, 2.45) is 0 Å². The van der Waals surface area contributed by atoms with Crippen molar-refractivity contribution < 1.29 is 15.3 Å². The molecule has 1 saturated heterocycles. The lowest BCUT2D eigenvalue weighted by Gasteiger charge is -2.25. The second-order valence-electron chi connectivity index (χ2n) is 9.18. The van der Waals surface area contributed by atoms with Crippen molar-refractivity contribution in [3.8, 4) is 17.2 Å². The number of unbranched alkanes of at least 4 members (excludes halogenated alkanes) is 2. The third kappa shape index (κ3) is 7.72. The second kappa shape index (κ2) is 12.7. The van der Waals surface area contributed by atoms with Crippen LogP contribution in [0.1, 0.15) is 56.6 Å². The van der Waals surface area contributed by atoms with Crippen molar-refractivity contribution in [3.05, 3.63) is 53.6 Å². The summed E-state index contributed by atoms with van der Waals surface area (Å²) in [6.45, 7) is 7.87. The average Bonchev–Trinajstić information content (AvgIpc) is 3.21. The van der Waals surface area contributed by atoms with Crippen LogP contribution >= 0.6 is 0 Å². The highest BCUT2D eigenvalue weighted by molar-refractivity contribution is 5.40. The van der Waals surface area contributed by atoms with E-state index in [0.29, 0.717) is 11.8 Å². The van der Waals surface area contributed by atoms with Gasteiger partial charge in [-0.2, -0.15) is 0 Å². The van der Waals surface area contributed by atoms with Crippen LogP contribution in [-0.4, -0.2) is 63.9 Å². The van der Waals surface area contributed by atoms with Crippen molar-refractivity contribution in [1.82, 2.24) is 9.80 Å². The van der Waals surface area contributed by atoms with E-state index in [1.54, 1.807) is 18.2 Å². The SMILES string of the molecule is CCCN(CCCCCN1CCCC1Cc1ccc(O)c(O)c1)CCc1cccc(O)c1. The van der Waals surface area contributed by atoms with Crippen molar-refractivity contribution in [2.75, 3.05) is 32.7 Å². The number of rotatable bonds is 13. The number of aromatic hydroxyl groups is 3. The third-order valence-electron chi connectivity index (χ3n) is 6.60. The van der Waals surface area contributed by atoms with E-state index in [0.717, 1.165) is 44.6 Å². The summed E-state index contributed by atoms with van der Waals surface area (Å²) < 4.78 is 0. The van der Waals surface area contributed by atoms with Gasteiger partial charge in [0.25, 0.3) is 0 Å². The van der Waals surface area contributed by atoms with Gasteiger partial charge in [0.05, 0.1) is 0 Å². The van der Waals surface area contributed by atoms with Crippen LogP contribution < -0.4 is 0 Å². The number of phenolic OH excluding ortho intramolecular Hbond substituents is 3. The third-order valence-corrected chi connectivity index (χ3v) is 6.60. The molecule has 32 heavy (non-hydrogen) atoms. The molecule has 1 fully saturated rings. The molecule has 0 aromatic heterocycles. The Balaban J connectivity index is 1.35. The highest BCUT2D eigenvalue weighted by Crippen LogP contribution is 2.28. The number of hydrogen-bond acceptors (Lipinski definition) is 5. The molecule has 3 rings (SSSR count).